The molecule has 0 unspecified atom stereocenters. The second kappa shape index (κ2) is 4.98. The van der Waals surface area contributed by atoms with E-state index >= 15 is 0 Å². The van der Waals surface area contributed by atoms with Crippen molar-refractivity contribution in [2.45, 2.75) is 52.7 Å². The van der Waals surface area contributed by atoms with E-state index in [9.17, 15) is 10.2 Å². The zero-order valence-electron chi connectivity index (χ0n) is 11.3. The minimum atomic E-state index is -0.951. The lowest BCUT2D eigenvalue weighted by Crippen LogP contribution is -2.25. The number of aliphatic hydroxyl groups is 2. The van der Waals surface area contributed by atoms with Crippen molar-refractivity contribution in [2.75, 3.05) is 0 Å². The van der Waals surface area contributed by atoms with E-state index in [0.29, 0.717) is 5.57 Å². The maximum absolute atomic E-state index is 10.0. The van der Waals surface area contributed by atoms with E-state index in [1.54, 1.807) is 33.8 Å². The van der Waals surface area contributed by atoms with E-state index in [0.717, 1.165) is 11.1 Å². The molecule has 0 aromatic rings. The first kappa shape index (κ1) is 15.1. The molecule has 0 rings (SSSR count). The molecule has 16 heavy (non-hydrogen) atoms. The van der Waals surface area contributed by atoms with Crippen molar-refractivity contribution in [3.63, 3.8) is 0 Å². The first-order valence-electron chi connectivity index (χ1n) is 5.47. The summed E-state index contributed by atoms with van der Waals surface area (Å²) in [4.78, 5) is 0. The van der Waals surface area contributed by atoms with Crippen molar-refractivity contribution in [1.82, 2.24) is 0 Å². The molecular formula is C14H24O2. The van der Waals surface area contributed by atoms with Crippen molar-refractivity contribution >= 4 is 0 Å². The fourth-order valence-corrected chi connectivity index (χ4v) is 1.57. The molecule has 2 nitrogen and oxygen atoms in total. The van der Waals surface area contributed by atoms with Gasteiger partial charge in [0, 0.05) is 0 Å². The van der Waals surface area contributed by atoms with Gasteiger partial charge in [-0.3, -0.25) is 0 Å². The third-order valence-electron chi connectivity index (χ3n) is 2.42. The lowest BCUT2D eigenvalue weighted by Gasteiger charge is -2.25. The van der Waals surface area contributed by atoms with Gasteiger partial charge in [0.2, 0.25) is 0 Å². The van der Waals surface area contributed by atoms with Gasteiger partial charge in [0.15, 0.2) is 0 Å². The molecular weight excluding hydrogens is 200 g/mol. The molecule has 0 spiro atoms. The second-order valence-corrected chi connectivity index (χ2v) is 5.34. The molecule has 0 heterocycles. The summed E-state index contributed by atoms with van der Waals surface area (Å²) < 4.78 is 0. The van der Waals surface area contributed by atoms with Crippen LogP contribution in [0, 0.1) is 0 Å². The molecule has 0 aliphatic carbocycles. The van der Waals surface area contributed by atoms with Crippen LogP contribution < -0.4 is 0 Å². The fraction of sp³-hybridized carbons (Fsp3) is 0.571. The molecule has 0 aromatic heterocycles. The van der Waals surface area contributed by atoms with E-state index in [2.05, 4.69) is 6.58 Å². The number of rotatable bonds is 4. The molecule has 0 saturated heterocycles. The zero-order valence-corrected chi connectivity index (χ0v) is 11.3. The normalized spacial score (nSPS) is 13.6. The Bertz CT molecular complexity index is 316. The summed E-state index contributed by atoms with van der Waals surface area (Å²) >= 11 is 0. The highest BCUT2D eigenvalue weighted by Gasteiger charge is 2.22. The van der Waals surface area contributed by atoms with Crippen LogP contribution in [0.4, 0.5) is 0 Å². The Morgan fingerprint density at radius 3 is 1.62 bits per heavy atom. The van der Waals surface area contributed by atoms with Gasteiger partial charge in [-0.1, -0.05) is 24.3 Å². The third-order valence-corrected chi connectivity index (χ3v) is 2.42. The highest BCUT2D eigenvalue weighted by Crippen LogP contribution is 2.26. The Morgan fingerprint density at radius 2 is 1.44 bits per heavy atom. The van der Waals surface area contributed by atoms with Crippen LogP contribution in [0.2, 0.25) is 0 Å². The largest absolute Gasteiger partial charge is 0.386 e. The average molecular weight is 224 g/mol. The van der Waals surface area contributed by atoms with Gasteiger partial charge < -0.3 is 10.2 Å². The quantitative estimate of drug-likeness (QED) is 0.721. The molecule has 0 aliphatic heterocycles. The van der Waals surface area contributed by atoms with Crippen molar-refractivity contribution in [2.24, 2.45) is 0 Å². The van der Waals surface area contributed by atoms with Gasteiger partial charge in [-0.05, 0) is 52.7 Å². The molecule has 0 aromatic carbocycles. The molecule has 0 fully saturated rings. The minimum absolute atomic E-state index is 0.700. The highest BCUT2D eigenvalue weighted by atomic mass is 16.3. The average Bonchev–Trinajstić information content (AvgIpc) is 1.99. The van der Waals surface area contributed by atoms with Crippen molar-refractivity contribution in [3.05, 3.63) is 35.5 Å². The summed E-state index contributed by atoms with van der Waals surface area (Å²) in [5.74, 6) is 0. The van der Waals surface area contributed by atoms with Crippen LogP contribution in [0.15, 0.2) is 35.5 Å². The Kier molecular flexibility index (Phi) is 4.71. The number of hydrogen-bond donors (Lipinski definition) is 2. The third kappa shape index (κ3) is 4.33. The minimum Gasteiger partial charge on any atom is -0.386 e. The fourth-order valence-electron chi connectivity index (χ4n) is 1.57. The first-order valence-corrected chi connectivity index (χ1v) is 5.47. The second-order valence-electron chi connectivity index (χ2n) is 5.34. The molecule has 92 valence electrons. The topological polar surface area (TPSA) is 40.5 Å². The van der Waals surface area contributed by atoms with Crippen LogP contribution in [0.25, 0.3) is 0 Å². The van der Waals surface area contributed by atoms with Gasteiger partial charge in [0.25, 0.3) is 0 Å². The monoisotopic (exact) mass is 224 g/mol. The lowest BCUT2D eigenvalue weighted by atomic mass is 9.88. The zero-order chi connectivity index (χ0) is 13.1. The Morgan fingerprint density at radius 1 is 1.00 bits per heavy atom. The van der Waals surface area contributed by atoms with Crippen LogP contribution in [0.5, 0.6) is 0 Å². The Balaban J connectivity index is 5.57. The summed E-state index contributed by atoms with van der Waals surface area (Å²) in [5.41, 5.74) is 0.665. The smallest absolute Gasteiger partial charge is 0.0840 e. The van der Waals surface area contributed by atoms with Crippen LogP contribution in [-0.2, 0) is 0 Å². The summed E-state index contributed by atoms with van der Waals surface area (Å²) in [6.07, 6.45) is 3.43. The molecule has 0 atom stereocenters. The van der Waals surface area contributed by atoms with Crippen LogP contribution in [0.1, 0.15) is 41.5 Å². The predicted molar refractivity (Wildman–Crippen MR) is 69.2 cm³/mol. The SMILES string of the molecule is C=C/C(=C\C(=C(C)C)C(C)(C)O)C(C)(C)O. The van der Waals surface area contributed by atoms with E-state index in [1.165, 1.54) is 0 Å². The summed E-state index contributed by atoms with van der Waals surface area (Å²) in [7, 11) is 0. The van der Waals surface area contributed by atoms with Crippen molar-refractivity contribution in [3.8, 4) is 0 Å². The van der Waals surface area contributed by atoms with Gasteiger partial charge in [0.1, 0.15) is 0 Å². The van der Waals surface area contributed by atoms with E-state index in [4.69, 9.17) is 0 Å². The van der Waals surface area contributed by atoms with Gasteiger partial charge >= 0.3 is 0 Å². The van der Waals surface area contributed by atoms with Crippen molar-refractivity contribution < 1.29 is 10.2 Å². The van der Waals surface area contributed by atoms with E-state index < -0.39 is 11.2 Å². The lowest BCUT2D eigenvalue weighted by molar-refractivity contribution is 0.117. The molecule has 0 saturated carbocycles. The van der Waals surface area contributed by atoms with Crippen LogP contribution in [-0.4, -0.2) is 21.4 Å². The highest BCUT2D eigenvalue weighted by molar-refractivity contribution is 5.40. The summed E-state index contributed by atoms with van der Waals surface area (Å²) in [5, 5.41) is 20.0. The van der Waals surface area contributed by atoms with Crippen LogP contribution >= 0.6 is 0 Å². The van der Waals surface area contributed by atoms with Gasteiger partial charge in [-0.25, -0.2) is 0 Å². The molecule has 0 radical (unpaired) electrons. The number of hydrogen-bond acceptors (Lipinski definition) is 2. The molecule has 2 N–H and O–H groups in total. The first-order chi connectivity index (χ1) is 7.00. The van der Waals surface area contributed by atoms with Crippen LogP contribution in [0.3, 0.4) is 0 Å². The van der Waals surface area contributed by atoms with E-state index in [1.807, 2.05) is 19.9 Å². The predicted octanol–water partition coefficient (Wildman–Crippen LogP) is 2.98. The standard InChI is InChI=1S/C14H24O2/c1-8-11(13(4,5)15)9-12(10(2)3)14(6,7)16/h8-9,15-16H,1H2,2-7H3/b11-9+. The maximum Gasteiger partial charge on any atom is 0.0840 e. The van der Waals surface area contributed by atoms with Gasteiger partial charge in [-0.2, -0.15) is 0 Å². The van der Waals surface area contributed by atoms with E-state index in [-0.39, 0.29) is 0 Å². The van der Waals surface area contributed by atoms with Gasteiger partial charge in [-0.15, -0.1) is 0 Å². The molecule has 0 amide bonds. The Labute approximate surface area is 99.0 Å². The molecule has 0 aliphatic rings. The molecule has 2 heteroatoms. The van der Waals surface area contributed by atoms with Crippen molar-refractivity contribution in [1.29, 1.82) is 0 Å². The Hall–Kier alpha value is -0.860. The summed E-state index contributed by atoms with van der Waals surface area (Å²) in [6, 6.07) is 0. The number of allylic oxidation sites excluding steroid dienone is 1. The maximum atomic E-state index is 10.0. The van der Waals surface area contributed by atoms with Gasteiger partial charge in [0.05, 0.1) is 11.2 Å². The molecule has 0 bridgehead atoms. The summed E-state index contributed by atoms with van der Waals surface area (Å²) in [6.45, 7) is 14.4.